The van der Waals surface area contributed by atoms with E-state index in [0.717, 1.165) is 18.4 Å². The number of nitrogens with one attached hydrogen (secondary N) is 1. The molecule has 1 aliphatic rings. The van der Waals surface area contributed by atoms with Gasteiger partial charge in [-0.2, -0.15) is 0 Å². The number of carboxylic acids is 1. The van der Waals surface area contributed by atoms with E-state index in [1.54, 1.807) is 20.3 Å². The van der Waals surface area contributed by atoms with Crippen LogP contribution in [0, 0.1) is 5.92 Å². The molecule has 6 nitrogen and oxygen atoms in total. The second-order valence-electron chi connectivity index (χ2n) is 6.81. The molecule has 1 fully saturated rings. The third kappa shape index (κ3) is 4.65. The van der Waals surface area contributed by atoms with Gasteiger partial charge in [-0.15, -0.1) is 0 Å². The van der Waals surface area contributed by atoms with Crippen LogP contribution in [0.15, 0.2) is 18.2 Å². The van der Waals surface area contributed by atoms with Gasteiger partial charge < -0.3 is 19.9 Å². The Morgan fingerprint density at radius 1 is 1.20 bits per heavy atom. The summed E-state index contributed by atoms with van der Waals surface area (Å²) in [5.41, 5.74) is -0.171. The lowest BCUT2D eigenvalue weighted by atomic mass is 9.77. The fourth-order valence-corrected chi connectivity index (χ4v) is 3.27. The van der Waals surface area contributed by atoms with Crippen LogP contribution >= 0.6 is 0 Å². The van der Waals surface area contributed by atoms with E-state index in [2.05, 4.69) is 12.2 Å². The van der Waals surface area contributed by atoms with Crippen LogP contribution in [0.3, 0.4) is 0 Å². The van der Waals surface area contributed by atoms with Gasteiger partial charge in [0.15, 0.2) is 11.5 Å². The third-order valence-electron chi connectivity index (χ3n) is 5.00. The molecule has 0 aromatic heterocycles. The van der Waals surface area contributed by atoms with Crippen molar-refractivity contribution < 1.29 is 24.2 Å². The topological polar surface area (TPSA) is 84.9 Å². The van der Waals surface area contributed by atoms with Gasteiger partial charge >= 0.3 is 5.97 Å². The van der Waals surface area contributed by atoms with Crippen molar-refractivity contribution in [3.05, 3.63) is 23.8 Å². The Balaban J connectivity index is 1.96. The molecule has 0 atom stereocenters. The summed E-state index contributed by atoms with van der Waals surface area (Å²) in [5.74, 6) is 0.599. The van der Waals surface area contributed by atoms with Gasteiger partial charge in [0.1, 0.15) is 5.54 Å². The molecule has 1 aromatic rings. The first-order chi connectivity index (χ1) is 11.9. The Bertz CT molecular complexity index is 620. The lowest BCUT2D eigenvalue weighted by Gasteiger charge is -2.36. The summed E-state index contributed by atoms with van der Waals surface area (Å²) in [6, 6.07) is 5.51. The molecular formula is C19H27NO5. The first-order valence-corrected chi connectivity index (χ1v) is 8.65. The molecule has 1 aromatic carbocycles. The lowest BCUT2D eigenvalue weighted by molar-refractivity contribution is -0.149. The molecule has 1 saturated carbocycles. The van der Waals surface area contributed by atoms with Crippen molar-refractivity contribution in [3.63, 3.8) is 0 Å². The van der Waals surface area contributed by atoms with Crippen LogP contribution in [-0.4, -0.2) is 36.7 Å². The third-order valence-corrected chi connectivity index (χ3v) is 5.00. The van der Waals surface area contributed by atoms with Crippen LogP contribution in [0.4, 0.5) is 0 Å². The van der Waals surface area contributed by atoms with Crippen molar-refractivity contribution in [1.82, 2.24) is 5.32 Å². The zero-order valence-electron chi connectivity index (χ0n) is 15.1. The van der Waals surface area contributed by atoms with Gasteiger partial charge in [-0.05, 0) is 55.7 Å². The van der Waals surface area contributed by atoms with E-state index in [9.17, 15) is 14.7 Å². The van der Waals surface area contributed by atoms with Gasteiger partial charge in [0.05, 0.1) is 14.2 Å². The Morgan fingerprint density at radius 3 is 2.40 bits per heavy atom. The molecule has 6 heteroatoms. The summed E-state index contributed by atoms with van der Waals surface area (Å²) < 4.78 is 10.5. The minimum absolute atomic E-state index is 0.230. The number of aryl methyl sites for hydroxylation is 1. The predicted octanol–water partition coefficient (Wildman–Crippen LogP) is 2.79. The van der Waals surface area contributed by atoms with Crippen LogP contribution in [0.1, 0.15) is 44.6 Å². The minimum atomic E-state index is -1.11. The Morgan fingerprint density at radius 2 is 1.84 bits per heavy atom. The number of aliphatic carboxylic acids is 1. The lowest BCUT2D eigenvalue weighted by Crippen LogP contribution is -2.56. The number of methoxy groups -OCH3 is 2. The van der Waals surface area contributed by atoms with Gasteiger partial charge in [-0.25, -0.2) is 4.79 Å². The zero-order valence-corrected chi connectivity index (χ0v) is 15.1. The van der Waals surface area contributed by atoms with Crippen molar-refractivity contribution in [2.75, 3.05) is 14.2 Å². The van der Waals surface area contributed by atoms with Crippen molar-refractivity contribution in [2.24, 2.45) is 5.92 Å². The van der Waals surface area contributed by atoms with Gasteiger partial charge in [-0.1, -0.05) is 13.0 Å². The average Bonchev–Trinajstić information content (AvgIpc) is 2.61. The number of benzene rings is 1. The molecular weight excluding hydrogens is 322 g/mol. The first-order valence-electron chi connectivity index (χ1n) is 8.65. The molecule has 0 unspecified atom stereocenters. The fourth-order valence-electron chi connectivity index (χ4n) is 3.27. The average molecular weight is 349 g/mol. The normalized spacial score (nSPS) is 22.9. The van der Waals surface area contributed by atoms with Gasteiger partial charge in [0.2, 0.25) is 5.91 Å². The Kier molecular flexibility index (Phi) is 6.28. The quantitative estimate of drug-likeness (QED) is 0.791. The SMILES string of the molecule is COc1ccc(CCC(=O)NC2(C(=O)O)CCC(C)CC2)cc1OC. The Labute approximate surface area is 148 Å². The van der Waals surface area contributed by atoms with E-state index in [-0.39, 0.29) is 12.3 Å². The maximum absolute atomic E-state index is 12.3. The number of rotatable bonds is 7. The number of carbonyl (C=O) groups is 2. The monoisotopic (exact) mass is 349 g/mol. The standard InChI is InChI=1S/C19H27NO5/c1-13-8-10-19(11-9-13,18(22)23)20-17(21)7-5-14-4-6-15(24-2)16(12-14)25-3/h4,6,12-13H,5,7-11H2,1-3H3,(H,20,21)(H,22,23). The van der Waals surface area contributed by atoms with Crippen LogP contribution in [0.5, 0.6) is 11.5 Å². The molecule has 138 valence electrons. The number of amides is 1. The summed E-state index contributed by atoms with van der Waals surface area (Å²) >= 11 is 0. The summed E-state index contributed by atoms with van der Waals surface area (Å²) in [5, 5.41) is 12.4. The smallest absolute Gasteiger partial charge is 0.329 e. The van der Waals surface area contributed by atoms with E-state index in [1.807, 2.05) is 12.1 Å². The summed E-state index contributed by atoms with van der Waals surface area (Å²) in [4.78, 5) is 24.0. The number of hydrogen-bond acceptors (Lipinski definition) is 4. The minimum Gasteiger partial charge on any atom is -0.493 e. The number of carbonyl (C=O) groups excluding carboxylic acids is 1. The van der Waals surface area contributed by atoms with Crippen molar-refractivity contribution in [1.29, 1.82) is 0 Å². The molecule has 1 amide bonds. The van der Waals surface area contributed by atoms with Crippen molar-refractivity contribution in [3.8, 4) is 11.5 Å². The first kappa shape index (κ1) is 19.1. The summed E-state index contributed by atoms with van der Waals surface area (Å²) in [7, 11) is 3.14. The largest absolute Gasteiger partial charge is 0.493 e. The number of hydrogen-bond donors (Lipinski definition) is 2. The van der Waals surface area contributed by atoms with Gasteiger partial charge in [0, 0.05) is 6.42 Å². The molecule has 1 aliphatic carbocycles. The van der Waals surface area contributed by atoms with Crippen LogP contribution in [-0.2, 0) is 16.0 Å². The highest BCUT2D eigenvalue weighted by atomic mass is 16.5. The molecule has 0 saturated heterocycles. The highest BCUT2D eigenvalue weighted by Crippen LogP contribution is 2.32. The van der Waals surface area contributed by atoms with Crippen molar-refractivity contribution >= 4 is 11.9 Å². The summed E-state index contributed by atoms with van der Waals surface area (Å²) in [6.07, 6.45) is 3.38. The highest BCUT2D eigenvalue weighted by Gasteiger charge is 2.42. The molecule has 0 bridgehead atoms. The van der Waals surface area contributed by atoms with E-state index in [4.69, 9.17) is 9.47 Å². The molecule has 2 rings (SSSR count). The van der Waals surface area contributed by atoms with Crippen LogP contribution < -0.4 is 14.8 Å². The number of carboxylic acid groups (broad SMARTS) is 1. The van der Waals surface area contributed by atoms with E-state index in [0.29, 0.717) is 36.7 Å². The molecule has 25 heavy (non-hydrogen) atoms. The molecule has 0 radical (unpaired) electrons. The summed E-state index contributed by atoms with van der Waals surface area (Å²) in [6.45, 7) is 2.12. The molecule has 0 aliphatic heterocycles. The fraction of sp³-hybridized carbons (Fsp3) is 0.579. The second-order valence-corrected chi connectivity index (χ2v) is 6.81. The van der Waals surface area contributed by atoms with E-state index >= 15 is 0 Å². The van der Waals surface area contributed by atoms with Gasteiger partial charge in [-0.3, -0.25) is 4.79 Å². The maximum atomic E-state index is 12.3. The van der Waals surface area contributed by atoms with Crippen LogP contribution in [0.25, 0.3) is 0 Å². The second kappa shape index (κ2) is 8.23. The van der Waals surface area contributed by atoms with Crippen LogP contribution in [0.2, 0.25) is 0 Å². The van der Waals surface area contributed by atoms with Crippen molar-refractivity contribution in [2.45, 2.75) is 51.0 Å². The zero-order chi connectivity index (χ0) is 18.4. The van der Waals surface area contributed by atoms with E-state index < -0.39 is 11.5 Å². The predicted molar refractivity (Wildman–Crippen MR) is 94.0 cm³/mol. The molecule has 0 spiro atoms. The highest BCUT2D eigenvalue weighted by molar-refractivity contribution is 5.87. The Hall–Kier alpha value is -2.24. The van der Waals surface area contributed by atoms with Gasteiger partial charge in [0.25, 0.3) is 0 Å². The van der Waals surface area contributed by atoms with E-state index in [1.165, 1.54) is 0 Å². The number of ether oxygens (including phenoxy) is 2. The molecule has 2 N–H and O–H groups in total. The maximum Gasteiger partial charge on any atom is 0.329 e. The molecule has 0 heterocycles.